The highest BCUT2D eigenvalue weighted by molar-refractivity contribution is 6.37. The molecule has 0 aromatic carbocycles. The molecule has 5 nitrogen and oxygen atoms in total. The van der Waals surface area contributed by atoms with Gasteiger partial charge in [0.1, 0.15) is 11.6 Å². The van der Waals surface area contributed by atoms with Gasteiger partial charge in [-0.2, -0.15) is 0 Å². The second kappa shape index (κ2) is 6.86. The van der Waals surface area contributed by atoms with Gasteiger partial charge in [0.2, 0.25) is 0 Å². The second-order valence-electron chi connectivity index (χ2n) is 3.36. The molecule has 0 unspecified atom stereocenters. The van der Waals surface area contributed by atoms with Gasteiger partial charge in [0, 0.05) is 20.2 Å². The first-order chi connectivity index (χ1) is 8.10. The lowest BCUT2D eigenvalue weighted by atomic mass is 10.4. The van der Waals surface area contributed by atoms with E-state index in [9.17, 15) is 0 Å². The van der Waals surface area contributed by atoms with Crippen molar-refractivity contribution in [1.82, 2.24) is 4.98 Å². The number of rotatable bonds is 6. The molecule has 0 spiro atoms. The molecular weight excluding hydrogens is 265 g/mol. The molecule has 0 bridgehead atoms. The molecule has 0 atom stereocenters. The number of methoxy groups -OCH3 is 1. The first-order valence-electron chi connectivity index (χ1n) is 5.06. The fraction of sp³-hybridized carbons (Fsp3) is 0.500. The fourth-order valence-corrected chi connectivity index (χ4v) is 1.82. The van der Waals surface area contributed by atoms with Crippen molar-refractivity contribution in [1.29, 1.82) is 0 Å². The van der Waals surface area contributed by atoms with Gasteiger partial charge in [0.25, 0.3) is 0 Å². The van der Waals surface area contributed by atoms with Gasteiger partial charge in [0.05, 0.1) is 23.3 Å². The summed E-state index contributed by atoms with van der Waals surface area (Å²) in [5.74, 6) is 0.714. The zero-order chi connectivity index (χ0) is 12.8. The van der Waals surface area contributed by atoms with Crippen molar-refractivity contribution in [3.05, 3.63) is 16.1 Å². The predicted molar refractivity (Wildman–Crippen MR) is 69.8 cm³/mol. The smallest absolute Gasteiger partial charge is 0.150 e. The van der Waals surface area contributed by atoms with Gasteiger partial charge in [0.15, 0.2) is 0 Å². The van der Waals surface area contributed by atoms with Crippen LogP contribution in [0.3, 0.4) is 0 Å². The van der Waals surface area contributed by atoms with Crippen LogP contribution in [0.4, 0.5) is 11.6 Å². The van der Waals surface area contributed by atoms with Crippen LogP contribution in [0.25, 0.3) is 0 Å². The van der Waals surface area contributed by atoms with E-state index < -0.39 is 0 Å². The van der Waals surface area contributed by atoms with Crippen molar-refractivity contribution in [3.63, 3.8) is 0 Å². The SMILES string of the molecule is COCCN(CCO)c1nc(N)c(Cl)cc1Cl. The number of aliphatic hydroxyl groups is 1. The van der Waals surface area contributed by atoms with Crippen LogP contribution in [-0.4, -0.2) is 43.5 Å². The quantitative estimate of drug-likeness (QED) is 0.824. The van der Waals surface area contributed by atoms with Crippen molar-refractivity contribution < 1.29 is 9.84 Å². The Labute approximate surface area is 110 Å². The maximum Gasteiger partial charge on any atom is 0.150 e. The van der Waals surface area contributed by atoms with E-state index in [1.165, 1.54) is 6.07 Å². The molecule has 0 amide bonds. The van der Waals surface area contributed by atoms with E-state index in [1.807, 2.05) is 0 Å². The first kappa shape index (κ1) is 14.3. The van der Waals surface area contributed by atoms with Crippen LogP contribution in [0.2, 0.25) is 10.0 Å². The summed E-state index contributed by atoms with van der Waals surface area (Å²) in [7, 11) is 1.60. The van der Waals surface area contributed by atoms with Gasteiger partial charge in [-0.05, 0) is 6.07 Å². The number of nitrogens with two attached hydrogens (primary N) is 1. The van der Waals surface area contributed by atoms with Gasteiger partial charge in [-0.1, -0.05) is 23.2 Å². The zero-order valence-corrected chi connectivity index (χ0v) is 11.0. The molecule has 0 saturated heterocycles. The average Bonchev–Trinajstić information content (AvgIpc) is 2.29. The van der Waals surface area contributed by atoms with Gasteiger partial charge in [-0.25, -0.2) is 4.98 Å². The van der Waals surface area contributed by atoms with Crippen molar-refractivity contribution in [2.75, 3.05) is 44.0 Å². The summed E-state index contributed by atoms with van der Waals surface area (Å²) in [5, 5.41) is 9.71. The minimum Gasteiger partial charge on any atom is -0.395 e. The van der Waals surface area contributed by atoms with Crippen molar-refractivity contribution in [2.45, 2.75) is 0 Å². The highest BCUT2D eigenvalue weighted by atomic mass is 35.5. The summed E-state index contributed by atoms with van der Waals surface area (Å²) in [6.07, 6.45) is 0. The lowest BCUT2D eigenvalue weighted by molar-refractivity contribution is 0.202. The fourth-order valence-electron chi connectivity index (χ4n) is 1.34. The number of aliphatic hydroxyl groups excluding tert-OH is 1. The third-order valence-electron chi connectivity index (χ3n) is 2.17. The molecule has 96 valence electrons. The number of hydrogen-bond acceptors (Lipinski definition) is 5. The van der Waals surface area contributed by atoms with Crippen LogP contribution in [0.1, 0.15) is 0 Å². The van der Waals surface area contributed by atoms with Crippen LogP contribution >= 0.6 is 23.2 Å². The number of pyridine rings is 1. The average molecular weight is 280 g/mol. The molecule has 1 aromatic rings. The third kappa shape index (κ3) is 3.89. The summed E-state index contributed by atoms with van der Waals surface area (Å²) >= 11 is 11.9. The van der Waals surface area contributed by atoms with Crippen LogP contribution in [0, 0.1) is 0 Å². The van der Waals surface area contributed by atoms with E-state index in [-0.39, 0.29) is 12.4 Å². The zero-order valence-electron chi connectivity index (χ0n) is 9.49. The van der Waals surface area contributed by atoms with Crippen molar-refractivity contribution in [3.8, 4) is 0 Å². The normalized spacial score (nSPS) is 10.6. The van der Waals surface area contributed by atoms with Gasteiger partial charge < -0.3 is 20.5 Å². The van der Waals surface area contributed by atoms with Gasteiger partial charge >= 0.3 is 0 Å². The number of halogens is 2. The Bertz CT molecular complexity index is 377. The Kier molecular flexibility index (Phi) is 5.77. The molecule has 1 aromatic heterocycles. The van der Waals surface area contributed by atoms with Crippen molar-refractivity contribution >= 4 is 34.8 Å². The summed E-state index contributed by atoms with van der Waals surface area (Å²) in [6.45, 7) is 1.45. The lowest BCUT2D eigenvalue weighted by Gasteiger charge is -2.23. The Hall–Kier alpha value is -0.750. The van der Waals surface area contributed by atoms with E-state index in [0.717, 1.165) is 0 Å². The summed E-state index contributed by atoms with van der Waals surface area (Å²) in [6, 6.07) is 1.54. The molecule has 0 saturated carbocycles. The molecule has 3 N–H and O–H groups in total. The molecule has 1 heterocycles. The topological polar surface area (TPSA) is 71.6 Å². The molecule has 0 aliphatic heterocycles. The van der Waals surface area contributed by atoms with E-state index in [4.69, 9.17) is 38.8 Å². The first-order valence-corrected chi connectivity index (χ1v) is 5.82. The maximum atomic E-state index is 9.00. The number of anilines is 2. The number of nitrogen functional groups attached to an aromatic ring is 1. The number of ether oxygens (including phenoxy) is 1. The van der Waals surface area contributed by atoms with Crippen LogP contribution < -0.4 is 10.6 Å². The Morgan fingerprint density at radius 1 is 1.41 bits per heavy atom. The van der Waals surface area contributed by atoms with Gasteiger partial charge in [-0.3, -0.25) is 0 Å². The lowest BCUT2D eigenvalue weighted by Crippen LogP contribution is -2.31. The van der Waals surface area contributed by atoms with Crippen molar-refractivity contribution in [2.24, 2.45) is 0 Å². The summed E-state index contributed by atoms with van der Waals surface area (Å²) in [4.78, 5) is 5.91. The standard InChI is InChI=1S/C10H15Cl2N3O2/c1-17-5-3-15(2-4-16)10-8(12)6-7(11)9(13)14-10/h6,16H,2-5H2,1H3,(H2,13,14). The molecule has 1 rings (SSSR count). The van der Waals surface area contributed by atoms with E-state index in [2.05, 4.69) is 4.98 Å². The molecular formula is C10H15Cl2N3O2. The largest absolute Gasteiger partial charge is 0.395 e. The minimum absolute atomic E-state index is 0.00967. The number of aromatic nitrogens is 1. The third-order valence-corrected chi connectivity index (χ3v) is 2.75. The Morgan fingerprint density at radius 3 is 2.71 bits per heavy atom. The van der Waals surface area contributed by atoms with Crippen LogP contribution in [0.5, 0.6) is 0 Å². The van der Waals surface area contributed by atoms with E-state index >= 15 is 0 Å². The molecule has 0 fully saturated rings. The highest BCUT2D eigenvalue weighted by Gasteiger charge is 2.14. The molecule has 0 radical (unpaired) electrons. The summed E-state index contributed by atoms with van der Waals surface area (Å²) in [5.41, 5.74) is 5.63. The molecule has 7 heteroatoms. The summed E-state index contributed by atoms with van der Waals surface area (Å²) < 4.78 is 4.98. The minimum atomic E-state index is -0.00967. The van der Waals surface area contributed by atoms with E-state index in [0.29, 0.717) is 35.6 Å². The molecule has 17 heavy (non-hydrogen) atoms. The maximum absolute atomic E-state index is 9.00. The molecule has 0 aliphatic rings. The second-order valence-corrected chi connectivity index (χ2v) is 4.18. The number of hydrogen-bond donors (Lipinski definition) is 2. The van der Waals surface area contributed by atoms with Crippen LogP contribution in [-0.2, 0) is 4.74 Å². The number of nitrogens with zero attached hydrogens (tertiary/aromatic N) is 2. The predicted octanol–water partition coefficient (Wildman–Crippen LogP) is 1.42. The Balaban J connectivity index is 2.96. The van der Waals surface area contributed by atoms with Crippen LogP contribution in [0.15, 0.2) is 6.07 Å². The monoisotopic (exact) mass is 279 g/mol. The van der Waals surface area contributed by atoms with Gasteiger partial charge in [-0.15, -0.1) is 0 Å². The highest BCUT2D eigenvalue weighted by Crippen LogP contribution is 2.29. The Morgan fingerprint density at radius 2 is 2.12 bits per heavy atom. The molecule has 0 aliphatic carbocycles. The van der Waals surface area contributed by atoms with E-state index in [1.54, 1.807) is 12.0 Å².